The first-order chi connectivity index (χ1) is 17.1. The van der Waals surface area contributed by atoms with Crippen molar-refractivity contribution in [3.8, 4) is 5.75 Å². The molecule has 36 heavy (non-hydrogen) atoms. The molecule has 9 heteroatoms. The van der Waals surface area contributed by atoms with Gasteiger partial charge in [0.25, 0.3) is 15.9 Å². The average Bonchev–Trinajstić information content (AvgIpc) is 3.13. The number of nitrogens with one attached hydrogen (secondary N) is 2. The van der Waals surface area contributed by atoms with Crippen LogP contribution in [0.5, 0.6) is 5.75 Å². The molecule has 4 rings (SSSR count). The predicted molar refractivity (Wildman–Crippen MR) is 139 cm³/mol. The Hall–Kier alpha value is -4.11. The molecule has 0 aliphatic rings. The Morgan fingerprint density at radius 3 is 2.44 bits per heavy atom. The number of methoxy groups -OCH3 is 1. The number of hydrogen-bond donors (Lipinski definition) is 2. The number of aryl methyl sites for hydroxylation is 2. The molecule has 0 spiro atoms. The Balaban J connectivity index is 1.62. The maximum atomic E-state index is 12.8. The number of ether oxygens (including phenoxy) is 1. The fraction of sp³-hybridized carbons (Fsp3) is 0.185. The Morgan fingerprint density at radius 2 is 1.75 bits per heavy atom. The topological polar surface area (TPSA) is 106 Å². The Labute approximate surface area is 209 Å². The van der Waals surface area contributed by atoms with Crippen LogP contribution in [0.25, 0.3) is 10.9 Å². The smallest absolute Gasteiger partial charge is 0.265 e. The van der Waals surface area contributed by atoms with E-state index in [0.717, 1.165) is 22.0 Å². The SMILES string of the molecule is COc1cc(C(=O)NS(=O)(=O)c2ccccc2C)ccc1Cc1cn(C)c2ccc(NC(C)=O)cc12. The normalized spacial score (nSPS) is 11.3. The monoisotopic (exact) mass is 505 g/mol. The van der Waals surface area contributed by atoms with Gasteiger partial charge in [0.1, 0.15) is 5.75 Å². The van der Waals surface area contributed by atoms with Gasteiger partial charge in [-0.3, -0.25) is 9.59 Å². The van der Waals surface area contributed by atoms with Crippen LogP contribution in [-0.4, -0.2) is 31.9 Å². The van der Waals surface area contributed by atoms with Gasteiger partial charge >= 0.3 is 0 Å². The summed E-state index contributed by atoms with van der Waals surface area (Å²) < 4.78 is 35.1. The molecule has 0 saturated heterocycles. The largest absolute Gasteiger partial charge is 0.496 e. The highest BCUT2D eigenvalue weighted by Crippen LogP contribution is 2.30. The second-order valence-corrected chi connectivity index (χ2v) is 10.2. The summed E-state index contributed by atoms with van der Waals surface area (Å²) in [5.41, 5.74) is 4.26. The molecule has 0 bridgehead atoms. The molecule has 0 atom stereocenters. The number of nitrogens with zero attached hydrogens (tertiary/aromatic N) is 1. The number of carbonyl (C=O) groups is 2. The fourth-order valence-corrected chi connectivity index (χ4v) is 5.45. The third-order valence-electron chi connectivity index (χ3n) is 5.93. The highest BCUT2D eigenvalue weighted by atomic mass is 32.2. The van der Waals surface area contributed by atoms with E-state index in [1.54, 1.807) is 37.3 Å². The molecule has 2 N–H and O–H groups in total. The van der Waals surface area contributed by atoms with E-state index in [-0.39, 0.29) is 16.4 Å². The first-order valence-electron chi connectivity index (χ1n) is 11.2. The van der Waals surface area contributed by atoms with Crippen molar-refractivity contribution in [3.05, 3.63) is 89.1 Å². The lowest BCUT2D eigenvalue weighted by Gasteiger charge is -2.12. The molecular weight excluding hydrogens is 478 g/mol. The van der Waals surface area contributed by atoms with Crippen LogP contribution in [0.3, 0.4) is 0 Å². The lowest BCUT2D eigenvalue weighted by atomic mass is 10.0. The van der Waals surface area contributed by atoms with Crippen LogP contribution in [0.15, 0.2) is 71.8 Å². The van der Waals surface area contributed by atoms with Crippen LogP contribution in [0.4, 0.5) is 5.69 Å². The zero-order valence-corrected chi connectivity index (χ0v) is 21.3. The summed E-state index contributed by atoms with van der Waals surface area (Å²) in [5, 5.41) is 3.79. The van der Waals surface area contributed by atoms with Gasteiger partial charge in [-0.1, -0.05) is 24.3 Å². The maximum absolute atomic E-state index is 12.8. The fourth-order valence-electron chi connectivity index (χ4n) is 4.23. The van der Waals surface area contributed by atoms with Crippen molar-refractivity contribution in [2.75, 3.05) is 12.4 Å². The van der Waals surface area contributed by atoms with E-state index in [9.17, 15) is 18.0 Å². The molecule has 0 radical (unpaired) electrons. The van der Waals surface area contributed by atoms with Gasteiger partial charge in [-0.05, 0) is 60.0 Å². The van der Waals surface area contributed by atoms with E-state index in [4.69, 9.17) is 4.74 Å². The van der Waals surface area contributed by atoms with E-state index in [0.29, 0.717) is 23.4 Å². The van der Waals surface area contributed by atoms with Gasteiger partial charge in [0.2, 0.25) is 5.91 Å². The predicted octanol–water partition coefficient (Wildman–Crippen LogP) is 4.16. The lowest BCUT2D eigenvalue weighted by molar-refractivity contribution is -0.114. The molecule has 0 aliphatic heterocycles. The van der Waals surface area contributed by atoms with Crippen LogP contribution < -0.4 is 14.8 Å². The highest BCUT2D eigenvalue weighted by molar-refractivity contribution is 7.90. The number of hydrogen-bond acceptors (Lipinski definition) is 5. The summed E-state index contributed by atoms with van der Waals surface area (Å²) in [6, 6.07) is 17.1. The first kappa shape index (κ1) is 25.0. The summed E-state index contributed by atoms with van der Waals surface area (Å²) >= 11 is 0. The molecule has 4 aromatic rings. The Bertz CT molecular complexity index is 1590. The Morgan fingerprint density at radius 1 is 1.00 bits per heavy atom. The molecule has 8 nitrogen and oxygen atoms in total. The summed E-state index contributed by atoms with van der Waals surface area (Å²) in [6.45, 7) is 3.13. The van der Waals surface area contributed by atoms with Gasteiger partial charge in [0.05, 0.1) is 12.0 Å². The molecule has 3 aromatic carbocycles. The number of benzene rings is 3. The third-order valence-corrected chi connectivity index (χ3v) is 7.42. The molecule has 2 amide bonds. The number of anilines is 1. The van der Waals surface area contributed by atoms with Crippen molar-refractivity contribution in [3.63, 3.8) is 0 Å². The molecular formula is C27H27N3O5S. The number of amides is 2. The first-order valence-corrected chi connectivity index (χ1v) is 12.7. The van der Waals surface area contributed by atoms with Gasteiger partial charge in [0, 0.05) is 48.7 Å². The minimum Gasteiger partial charge on any atom is -0.496 e. The van der Waals surface area contributed by atoms with Gasteiger partial charge in [-0.2, -0.15) is 0 Å². The van der Waals surface area contributed by atoms with Gasteiger partial charge < -0.3 is 14.6 Å². The van der Waals surface area contributed by atoms with Crippen LogP contribution in [0.2, 0.25) is 0 Å². The molecule has 1 aromatic heterocycles. The van der Waals surface area contributed by atoms with Crippen molar-refractivity contribution in [2.24, 2.45) is 7.05 Å². The summed E-state index contributed by atoms with van der Waals surface area (Å²) in [7, 11) is -0.574. The highest BCUT2D eigenvalue weighted by Gasteiger charge is 2.21. The van der Waals surface area contributed by atoms with Crippen LogP contribution in [0, 0.1) is 6.92 Å². The standard InChI is InChI=1S/C27H27N3O5S/c1-17-7-5-6-8-26(17)36(33,34)29-27(32)20-10-9-19(25(14-20)35-4)13-21-16-30(3)24-12-11-22(15-23(21)24)28-18(2)31/h5-12,14-16H,13H2,1-4H3,(H,28,31)(H,29,32). The van der Waals surface area contributed by atoms with Crippen molar-refractivity contribution in [1.29, 1.82) is 0 Å². The summed E-state index contributed by atoms with van der Waals surface area (Å²) in [5.74, 6) is -0.425. The van der Waals surface area contributed by atoms with Gasteiger partial charge in [-0.15, -0.1) is 0 Å². The van der Waals surface area contributed by atoms with Gasteiger partial charge in [0.15, 0.2) is 0 Å². The van der Waals surface area contributed by atoms with E-state index in [1.807, 2.05) is 36.0 Å². The van der Waals surface area contributed by atoms with E-state index >= 15 is 0 Å². The van der Waals surface area contributed by atoms with Crippen LogP contribution in [-0.2, 0) is 28.3 Å². The third kappa shape index (κ3) is 5.11. The number of carbonyl (C=O) groups excluding carboxylic acids is 2. The molecule has 1 heterocycles. The molecule has 186 valence electrons. The van der Waals surface area contributed by atoms with E-state index < -0.39 is 15.9 Å². The second-order valence-electron chi connectivity index (χ2n) is 8.58. The van der Waals surface area contributed by atoms with E-state index in [2.05, 4.69) is 10.0 Å². The Kier molecular flexibility index (Phi) is 6.85. The summed E-state index contributed by atoms with van der Waals surface area (Å²) in [6.07, 6.45) is 2.52. The molecule has 0 saturated carbocycles. The number of rotatable bonds is 7. The number of sulfonamides is 1. The minimum absolute atomic E-state index is 0.0523. The second kappa shape index (κ2) is 9.87. The zero-order valence-electron chi connectivity index (χ0n) is 20.5. The van der Waals surface area contributed by atoms with Crippen molar-refractivity contribution < 1.29 is 22.7 Å². The number of fused-ring (bicyclic) bond motifs is 1. The lowest BCUT2D eigenvalue weighted by Crippen LogP contribution is -2.31. The van der Waals surface area contributed by atoms with Crippen LogP contribution >= 0.6 is 0 Å². The minimum atomic E-state index is -4.02. The number of aromatic nitrogens is 1. The summed E-state index contributed by atoms with van der Waals surface area (Å²) in [4.78, 5) is 24.3. The quantitative estimate of drug-likeness (QED) is 0.392. The van der Waals surface area contributed by atoms with Crippen molar-refractivity contribution in [2.45, 2.75) is 25.2 Å². The maximum Gasteiger partial charge on any atom is 0.265 e. The van der Waals surface area contributed by atoms with Crippen molar-refractivity contribution in [1.82, 2.24) is 9.29 Å². The molecule has 0 fully saturated rings. The van der Waals surface area contributed by atoms with E-state index in [1.165, 1.54) is 26.2 Å². The zero-order chi connectivity index (χ0) is 26.0. The van der Waals surface area contributed by atoms with Crippen molar-refractivity contribution >= 4 is 38.4 Å². The molecule has 0 unspecified atom stereocenters. The molecule has 0 aliphatic carbocycles. The van der Waals surface area contributed by atoms with Crippen LogP contribution in [0.1, 0.15) is 34.0 Å². The average molecular weight is 506 g/mol. The van der Waals surface area contributed by atoms with Gasteiger partial charge in [-0.25, -0.2) is 13.1 Å².